The van der Waals surface area contributed by atoms with Crippen molar-refractivity contribution in [3.8, 4) is 11.5 Å². The maximum atomic E-state index is 5.80. The van der Waals surface area contributed by atoms with E-state index in [9.17, 15) is 0 Å². The first-order chi connectivity index (χ1) is 8.81. The predicted octanol–water partition coefficient (Wildman–Crippen LogP) is 3.16. The number of rotatable bonds is 5. The Bertz CT molecular complexity index is 494. The van der Waals surface area contributed by atoms with Crippen LogP contribution in [-0.2, 0) is 13.0 Å². The number of ether oxygens (including phenoxy) is 1. The zero-order chi connectivity index (χ0) is 12.8. The molecule has 1 aromatic carbocycles. The van der Waals surface area contributed by atoms with Gasteiger partial charge in [0.25, 0.3) is 0 Å². The monoisotopic (exact) mass is 242 g/mol. The zero-order valence-corrected chi connectivity index (χ0v) is 10.8. The molecular formula is C15H18N2O. The molecule has 0 aliphatic carbocycles. The van der Waals surface area contributed by atoms with Gasteiger partial charge in [0.15, 0.2) is 0 Å². The molecule has 1 heterocycles. The largest absolute Gasteiger partial charge is 0.457 e. The molecule has 0 aliphatic heterocycles. The van der Waals surface area contributed by atoms with Crippen LogP contribution in [0.5, 0.6) is 11.5 Å². The molecule has 2 rings (SSSR count). The van der Waals surface area contributed by atoms with E-state index in [1.165, 1.54) is 5.56 Å². The molecule has 0 atom stereocenters. The second-order valence-electron chi connectivity index (χ2n) is 4.11. The van der Waals surface area contributed by atoms with Crippen LogP contribution in [0.15, 0.2) is 42.6 Å². The van der Waals surface area contributed by atoms with Crippen LogP contribution in [0.1, 0.15) is 18.2 Å². The fourth-order valence-corrected chi connectivity index (χ4v) is 1.73. The quantitative estimate of drug-likeness (QED) is 0.874. The summed E-state index contributed by atoms with van der Waals surface area (Å²) >= 11 is 0. The minimum absolute atomic E-state index is 0.742. The van der Waals surface area contributed by atoms with Crippen LogP contribution in [0.4, 0.5) is 0 Å². The zero-order valence-electron chi connectivity index (χ0n) is 10.8. The maximum Gasteiger partial charge on any atom is 0.130 e. The van der Waals surface area contributed by atoms with E-state index in [1.807, 2.05) is 31.3 Å². The molecule has 0 saturated carbocycles. The highest BCUT2D eigenvalue weighted by atomic mass is 16.5. The highest BCUT2D eigenvalue weighted by molar-refractivity contribution is 5.33. The lowest BCUT2D eigenvalue weighted by atomic mass is 10.2. The van der Waals surface area contributed by atoms with Crippen molar-refractivity contribution in [2.45, 2.75) is 19.9 Å². The van der Waals surface area contributed by atoms with Crippen molar-refractivity contribution in [3.63, 3.8) is 0 Å². The van der Waals surface area contributed by atoms with E-state index in [2.05, 4.69) is 29.4 Å². The van der Waals surface area contributed by atoms with Gasteiger partial charge in [0, 0.05) is 18.8 Å². The second kappa shape index (κ2) is 6.17. The molecule has 0 saturated heterocycles. The van der Waals surface area contributed by atoms with Crippen molar-refractivity contribution in [3.05, 3.63) is 53.9 Å². The molecule has 94 valence electrons. The number of benzene rings is 1. The average Bonchev–Trinajstić information content (AvgIpc) is 2.40. The summed E-state index contributed by atoms with van der Waals surface area (Å²) in [5.74, 6) is 1.67. The van der Waals surface area contributed by atoms with Gasteiger partial charge >= 0.3 is 0 Å². The summed E-state index contributed by atoms with van der Waals surface area (Å²) in [5, 5.41) is 3.07. The third kappa shape index (κ3) is 3.31. The Labute approximate surface area is 108 Å². The minimum Gasteiger partial charge on any atom is -0.457 e. The Kier molecular flexibility index (Phi) is 4.31. The molecule has 2 aromatic rings. The Hall–Kier alpha value is -1.87. The Morgan fingerprint density at radius 2 is 1.89 bits per heavy atom. The molecule has 0 fully saturated rings. The van der Waals surface area contributed by atoms with Crippen molar-refractivity contribution in [2.24, 2.45) is 0 Å². The second-order valence-corrected chi connectivity index (χ2v) is 4.11. The first-order valence-electron chi connectivity index (χ1n) is 6.18. The van der Waals surface area contributed by atoms with Gasteiger partial charge in [0.2, 0.25) is 0 Å². The fraction of sp³-hybridized carbons (Fsp3) is 0.267. The lowest BCUT2D eigenvalue weighted by molar-refractivity contribution is 0.480. The average molecular weight is 242 g/mol. The molecule has 0 radical (unpaired) electrons. The van der Waals surface area contributed by atoms with Crippen LogP contribution in [-0.4, -0.2) is 12.0 Å². The molecule has 1 N–H and O–H groups in total. The van der Waals surface area contributed by atoms with Crippen LogP contribution in [0.25, 0.3) is 0 Å². The predicted molar refractivity (Wildman–Crippen MR) is 72.9 cm³/mol. The van der Waals surface area contributed by atoms with E-state index in [0.29, 0.717) is 0 Å². The molecule has 18 heavy (non-hydrogen) atoms. The van der Waals surface area contributed by atoms with E-state index in [1.54, 1.807) is 6.20 Å². The maximum absolute atomic E-state index is 5.80. The van der Waals surface area contributed by atoms with Gasteiger partial charge in [-0.25, -0.2) is 0 Å². The van der Waals surface area contributed by atoms with Crippen molar-refractivity contribution < 1.29 is 4.74 Å². The summed E-state index contributed by atoms with van der Waals surface area (Å²) in [7, 11) is 1.90. The summed E-state index contributed by atoms with van der Waals surface area (Å²) in [6.07, 6.45) is 2.81. The molecule has 3 heteroatoms. The summed E-state index contributed by atoms with van der Waals surface area (Å²) < 4.78 is 5.80. The van der Waals surface area contributed by atoms with E-state index in [-0.39, 0.29) is 0 Å². The van der Waals surface area contributed by atoms with E-state index >= 15 is 0 Å². The summed E-state index contributed by atoms with van der Waals surface area (Å²) in [6, 6.07) is 12.0. The Morgan fingerprint density at radius 1 is 1.11 bits per heavy atom. The van der Waals surface area contributed by atoms with Gasteiger partial charge in [0.1, 0.15) is 11.5 Å². The number of aryl methyl sites for hydroxylation is 1. The summed E-state index contributed by atoms with van der Waals surface area (Å²) in [5.41, 5.74) is 2.29. The number of nitrogens with zero attached hydrogens (tertiary/aromatic N) is 1. The Balaban J connectivity index is 2.09. The number of aromatic nitrogens is 1. The van der Waals surface area contributed by atoms with E-state index in [4.69, 9.17) is 4.74 Å². The van der Waals surface area contributed by atoms with Gasteiger partial charge in [-0.3, -0.25) is 4.98 Å². The number of pyridine rings is 1. The van der Waals surface area contributed by atoms with Crippen LogP contribution in [0.3, 0.4) is 0 Å². The van der Waals surface area contributed by atoms with Crippen molar-refractivity contribution >= 4 is 0 Å². The molecule has 0 bridgehead atoms. The molecule has 0 unspecified atom stereocenters. The van der Waals surface area contributed by atoms with Gasteiger partial charge < -0.3 is 10.1 Å². The normalized spacial score (nSPS) is 10.3. The van der Waals surface area contributed by atoms with Crippen LogP contribution >= 0.6 is 0 Å². The third-order valence-corrected chi connectivity index (χ3v) is 2.71. The number of hydrogen-bond acceptors (Lipinski definition) is 3. The lowest BCUT2D eigenvalue weighted by Gasteiger charge is -2.07. The molecular weight excluding hydrogens is 224 g/mol. The lowest BCUT2D eigenvalue weighted by Crippen LogP contribution is -2.06. The van der Waals surface area contributed by atoms with Crippen molar-refractivity contribution in [2.75, 3.05) is 7.05 Å². The smallest absolute Gasteiger partial charge is 0.130 e. The third-order valence-electron chi connectivity index (χ3n) is 2.71. The number of hydrogen-bond donors (Lipinski definition) is 1. The van der Waals surface area contributed by atoms with Crippen LogP contribution < -0.4 is 10.1 Å². The topological polar surface area (TPSA) is 34.1 Å². The van der Waals surface area contributed by atoms with E-state index in [0.717, 1.165) is 30.2 Å². The molecule has 0 spiro atoms. The molecule has 1 aromatic heterocycles. The van der Waals surface area contributed by atoms with Crippen LogP contribution in [0, 0.1) is 0 Å². The molecule has 3 nitrogen and oxygen atoms in total. The van der Waals surface area contributed by atoms with Crippen molar-refractivity contribution in [1.29, 1.82) is 0 Å². The fourth-order valence-electron chi connectivity index (χ4n) is 1.73. The van der Waals surface area contributed by atoms with E-state index < -0.39 is 0 Å². The highest BCUT2D eigenvalue weighted by Crippen LogP contribution is 2.21. The van der Waals surface area contributed by atoms with Crippen molar-refractivity contribution in [1.82, 2.24) is 10.3 Å². The molecule has 0 amide bonds. The first kappa shape index (κ1) is 12.6. The SMILES string of the molecule is CCc1ccc(Oc2ccnc(CNC)c2)cc1. The summed E-state index contributed by atoms with van der Waals surface area (Å²) in [6.45, 7) is 2.88. The highest BCUT2D eigenvalue weighted by Gasteiger charge is 2.00. The number of nitrogens with one attached hydrogen (secondary N) is 1. The van der Waals surface area contributed by atoms with Crippen LogP contribution in [0.2, 0.25) is 0 Å². The minimum atomic E-state index is 0.742. The van der Waals surface area contributed by atoms with Gasteiger partial charge in [-0.15, -0.1) is 0 Å². The standard InChI is InChI=1S/C15H18N2O/c1-3-12-4-6-14(7-5-12)18-15-8-9-17-13(10-15)11-16-2/h4-10,16H,3,11H2,1-2H3. The van der Waals surface area contributed by atoms with Gasteiger partial charge in [-0.2, -0.15) is 0 Å². The summed E-state index contributed by atoms with van der Waals surface area (Å²) in [4.78, 5) is 4.26. The van der Waals surface area contributed by atoms with Gasteiger partial charge in [0.05, 0.1) is 5.69 Å². The van der Waals surface area contributed by atoms with Gasteiger partial charge in [-0.1, -0.05) is 19.1 Å². The van der Waals surface area contributed by atoms with Gasteiger partial charge in [-0.05, 0) is 37.2 Å². The first-order valence-corrected chi connectivity index (χ1v) is 6.18. The molecule has 0 aliphatic rings. The Morgan fingerprint density at radius 3 is 2.56 bits per heavy atom.